The molecule has 1 fully saturated rings. The molecule has 2 aromatic carbocycles. The lowest BCUT2D eigenvalue weighted by atomic mass is 10.1. The molecule has 0 saturated carbocycles. The third-order valence-electron chi connectivity index (χ3n) is 7.10. The summed E-state index contributed by atoms with van der Waals surface area (Å²) in [5.41, 5.74) is 0.926. The Balaban J connectivity index is 0.000000229. The molecule has 0 unspecified atom stereocenters. The monoisotopic (exact) mass is 608 g/mol. The zero-order valence-electron chi connectivity index (χ0n) is 23.4. The Morgan fingerprint density at radius 3 is 1.98 bits per heavy atom. The van der Waals surface area contributed by atoms with Crippen molar-refractivity contribution in [1.82, 2.24) is 35.1 Å². The van der Waals surface area contributed by atoms with Crippen LogP contribution in [0.15, 0.2) is 58.4 Å². The molecule has 228 valence electrons. The van der Waals surface area contributed by atoms with E-state index in [0.29, 0.717) is 55.0 Å². The number of halogens is 3. The molecule has 15 heteroatoms. The van der Waals surface area contributed by atoms with Gasteiger partial charge in [0.2, 0.25) is 5.95 Å². The number of piperazine rings is 1. The van der Waals surface area contributed by atoms with Gasteiger partial charge in [-0.15, -0.1) is 0 Å². The van der Waals surface area contributed by atoms with E-state index in [0.717, 1.165) is 12.4 Å². The van der Waals surface area contributed by atoms with Crippen molar-refractivity contribution in [2.24, 2.45) is 0 Å². The fourth-order valence-corrected chi connectivity index (χ4v) is 4.79. The van der Waals surface area contributed by atoms with E-state index in [-0.39, 0.29) is 22.3 Å². The molecule has 44 heavy (non-hydrogen) atoms. The van der Waals surface area contributed by atoms with Crippen LogP contribution >= 0.6 is 0 Å². The maximum absolute atomic E-state index is 14.8. The molecule has 1 saturated heterocycles. The summed E-state index contributed by atoms with van der Waals surface area (Å²) in [5.74, 6) is -2.25. The zero-order valence-corrected chi connectivity index (χ0v) is 23.4. The van der Waals surface area contributed by atoms with E-state index >= 15 is 0 Å². The van der Waals surface area contributed by atoms with Gasteiger partial charge in [0.15, 0.2) is 11.6 Å². The molecule has 12 nitrogen and oxygen atoms in total. The molecule has 1 aliphatic heterocycles. The first-order valence-corrected chi connectivity index (χ1v) is 13.5. The van der Waals surface area contributed by atoms with Crippen molar-refractivity contribution in [1.29, 1.82) is 0 Å². The van der Waals surface area contributed by atoms with Gasteiger partial charge in [0.05, 0.1) is 35.7 Å². The van der Waals surface area contributed by atoms with Gasteiger partial charge in [-0.1, -0.05) is 12.1 Å². The first-order chi connectivity index (χ1) is 21.2. The van der Waals surface area contributed by atoms with Crippen LogP contribution in [-0.2, 0) is 13.2 Å². The average molecular weight is 609 g/mol. The largest absolute Gasteiger partial charge is 0.392 e. The molecule has 0 radical (unpaired) electrons. The smallest absolute Gasteiger partial charge is 0.269 e. The first-order valence-electron chi connectivity index (χ1n) is 13.5. The second-order valence-electron chi connectivity index (χ2n) is 9.87. The van der Waals surface area contributed by atoms with Gasteiger partial charge in [-0.25, -0.2) is 23.7 Å². The first kappa shape index (κ1) is 30.3. The molecular formula is C29H27F3N8O4. The van der Waals surface area contributed by atoms with Crippen molar-refractivity contribution in [3.8, 4) is 0 Å². The number of carbonyl (C=O) groups is 1. The highest BCUT2D eigenvalue weighted by Crippen LogP contribution is 2.22. The Morgan fingerprint density at radius 2 is 1.43 bits per heavy atom. The Labute approximate surface area is 247 Å². The molecular weight excluding hydrogens is 581 g/mol. The quantitative estimate of drug-likeness (QED) is 0.218. The maximum atomic E-state index is 14.8. The lowest BCUT2D eigenvalue weighted by molar-refractivity contribution is 0.0957. The van der Waals surface area contributed by atoms with E-state index < -0.39 is 41.2 Å². The predicted molar refractivity (Wildman–Crippen MR) is 156 cm³/mol. The molecule has 1 aliphatic rings. The van der Waals surface area contributed by atoms with E-state index in [1.807, 2.05) is 4.90 Å². The number of aliphatic hydroxyl groups excluding tert-OH is 1. The van der Waals surface area contributed by atoms with Crippen molar-refractivity contribution in [2.45, 2.75) is 13.2 Å². The number of aromatic nitrogens is 5. The topological polar surface area (TPSA) is 160 Å². The summed E-state index contributed by atoms with van der Waals surface area (Å²) in [6.07, 6.45) is 2.20. The van der Waals surface area contributed by atoms with E-state index in [9.17, 15) is 27.6 Å². The summed E-state index contributed by atoms with van der Waals surface area (Å²) in [5, 5.41) is 11.2. The predicted octanol–water partition coefficient (Wildman–Crippen LogP) is 1.83. The SMILES string of the molecule is CNC(=O)c1ccc(N2CCN(Cc3ccc4ncc(=O)[nH]c4c3F)CC2)c(F)n1.O=c1cnc2ccc(CO)c(F)c2[nH]1. The van der Waals surface area contributed by atoms with Gasteiger partial charge in [0.25, 0.3) is 17.0 Å². The van der Waals surface area contributed by atoms with Crippen LogP contribution in [0, 0.1) is 17.6 Å². The van der Waals surface area contributed by atoms with Crippen LogP contribution in [0.25, 0.3) is 22.1 Å². The van der Waals surface area contributed by atoms with E-state index in [2.05, 4.69) is 35.1 Å². The molecule has 4 N–H and O–H groups in total. The van der Waals surface area contributed by atoms with Crippen molar-refractivity contribution in [3.05, 3.63) is 104 Å². The minimum absolute atomic E-state index is 0.0247. The molecule has 0 bridgehead atoms. The number of carbonyl (C=O) groups excluding carboxylic acids is 1. The van der Waals surface area contributed by atoms with Crippen LogP contribution in [0.2, 0.25) is 0 Å². The normalized spacial score (nSPS) is 13.5. The number of nitrogens with zero attached hydrogens (tertiary/aromatic N) is 5. The summed E-state index contributed by atoms with van der Waals surface area (Å²) in [6, 6.07) is 9.35. The second kappa shape index (κ2) is 13.0. The number of rotatable bonds is 5. The van der Waals surface area contributed by atoms with Gasteiger partial charge in [-0.3, -0.25) is 19.3 Å². The third kappa shape index (κ3) is 6.43. The van der Waals surface area contributed by atoms with E-state index in [1.54, 1.807) is 24.3 Å². The van der Waals surface area contributed by atoms with Gasteiger partial charge >= 0.3 is 0 Å². The maximum Gasteiger partial charge on any atom is 0.269 e. The summed E-state index contributed by atoms with van der Waals surface area (Å²) < 4.78 is 42.7. The van der Waals surface area contributed by atoms with Crippen molar-refractivity contribution in [2.75, 3.05) is 38.1 Å². The Bertz CT molecular complexity index is 1960. The minimum atomic E-state index is -0.693. The van der Waals surface area contributed by atoms with Crippen LogP contribution in [0.4, 0.5) is 18.9 Å². The number of nitrogens with one attached hydrogen (secondary N) is 3. The lowest BCUT2D eigenvalue weighted by Crippen LogP contribution is -2.46. The van der Waals surface area contributed by atoms with Gasteiger partial charge in [0.1, 0.15) is 16.7 Å². The number of hydrogen-bond donors (Lipinski definition) is 4. The standard InChI is InChI=1S/C20H20F2N6O2.C9H7FN2O2/c1-23-20(30)14-4-5-15(19(22)25-14)28-8-6-27(7-9-28)11-12-2-3-13-18(17(12)21)26-16(29)10-24-13;10-8-5(4-13)1-2-6-9(8)12-7(14)3-11-6/h2-5,10H,6-9,11H2,1H3,(H,23,30)(H,26,29);1-3,13H,4H2,(H,12,14). The highest BCUT2D eigenvalue weighted by molar-refractivity contribution is 5.92. The molecule has 3 aromatic heterocycles. The molecule has 6 rings (SSSR count). The summed E-state index contributed by atoms with van der Waals surface area (Å²) >= 11 is 0. The van der Waals surface area contributed by atoms with Crippen molar-refractivity contribution in [3.63, 3.8) is 0 Å². The summed E-state index contributed by atoms with van der Waals surface area (Å²) in [4.78, 5) is 54.1. The van der Waals surface area contributed by atoms with E-state index in [1.165, 1.54) is 19.2 Å². The molecule has 0 aliphatic carbocycles. The highest BCUT2D eigenvalue weighted by Gasteiger charge is 2.22. The van der Waals surface area contributed by atoms with Gasteiger partial charge < -0.3 is 25.3 Å². The third-order valence-corrected chi connectivity index (χ3v) is 7.10. The number of hydrogen-bond acceptors (Lipinski definition) is 9. The van der Waals surface area contributed by atoms with Crippen LogP contribution in [0.5, 0.6) is 0 Å². The van der Waals surface area contributed by atoms with Crippen molar-refractivity contribution < 1.29 is 23.1 Å². The molecule has 0 spiro atoms. The number of pyridine rings is 1. The van der Waals surface area contributed by atoms with E-state index in [4.69, 9.17) is 5.11 Å². The Hall–Kier alpha value is -5.15. The average Bonchev–Trinajstić information content (AvgIpc) is 3.03. The lowest BCUT2D eigenvalue weighted by Gasteiger charge is -2.36. The van der Waals surface area contributed by atoms with Crippen LogP contribution in [0.1, 0.15) is 21.6 Å². The van der Waals surface area contributed by atoms with Gasteiger partial charge in [-0.2, -0.15) is 4.39 Å². The molecule has 4 heterocycles. The number of aromatic amines is 2. The second-order valence-corrected chi connectivity index (χ2v) is 9.87. The fourth-order valence-electron chi connectivity index (χ4n) is 4.79. The zero-order chi connectivity index (χ0) is 31.4. The van der Waals surface area contributed by atoms with Crippen LogP contribution in [-0.4, -0.2) is 74.1 Å². The van der Waals surface area contributed by atoms with Crippen LogP contribution in [0.3, 0.4) is 0 Å². The number of aliphatic hydroxyl groups is 1. The number of anilines is 1. The number of amides is 1. The molecule has 5 aromatic rings. The minimum Gasteiger partial charge on any atom is -0.392 e. The number of H-pyrrole nitrogens is 2. The summed E-state index contributed by atoms with van der Waals surface area (Å²) in [6.45, 7) is 2.22. The fraction of sp³-hybridized carbons (Fsp3) is 0.241. The van der Waals surface area contributed by atoms with Crippen LogP contribution < -0.4 is 21.3 Å². The number of fused-ring (bicyclic) bond motifs is 2. The van der Waals surface area contributed by atoms with Gasteiger partial charge in [-0.05, 0) is 24.3 Å². The van der Waals surface area contributed by atoms with Crippen molar-refractivity contribution >= 4 is 33.7 Å². The molecule has 1 amide bonds. The molecule has 0 atom stereocenters. The van der Waals surface area contributed by atoms with Gasteiger partial charge in [0, 0.05) is 50.9 Å². The Kier molecular flexibility index (Phi) is 8.96. The highest BCUT2D eigenvalue weighted by atomic mass is 19.1. The number of benzene rings is 2. The summed E-state index contributed by atoms with van der Waals surface area (Å²) in [7, 11) is 1.46. The Morgan fingerprint density at radius 1 is 0.864 bits per heavy atom.